The van der Waals surface area contributed by atoms with Crippen LogP contribution in [0.3, 0.4) is 0 Å². The van der Waals surface area contributed by atoms with Crippen molar-refractivity contribution < 1.29 is 23.9 Å². The van der Waals surface area contributed by atoms with Gasteiger partial charge in [-0.1, -0.05) is 23.8 Å². The molecule has 0 bridgehead atoms. The predicted octanol–water partition coefficient (Wildman–Crippen LogP) is 1.77. The molecule has 1 aromatic rings. The van der Waals surface area contributed by atoms with E-state index >= 15 is 0 Å². The smallest absolute Gasteiger partial charge is 0.309 e. The summed E-state index contributed by atoms with van der Waals surface area (Å²) in [6.07, 6.45) is 6.11. The van der Waals surface area contributed by atoms with Gasteiger partial charge in [0.2, 0.25) is 0 Å². The maximum absolute atomic E-state index is 11.8. The first-order valence-corrected chi connectivity index (χ1v) is 8.20. The van der Waals surface area contributed by atoms with Gasteiger partial charge in [-0.2, -0.15) is 0 Å². The molecule has 0 unspecified atom stereocenters. The van der Waals surface area contributed by atoms with Crippen molar-refractivity contribution in [3.63, 3.8) is 0 Å². The third kappa shape index (κ3) is 6.84. The van der Waals surface area contributed by atoms with Crippen LogP contribution in [0.4, 0.5) is 0 Å². The number of carbonyl (C=O) groups excluding carboxylic acids is 3. The Morgan fingerprint density at radius 1 is 1.04 bits per heavy atom. The predicted molar refractivity (Wildman–Crippen MR) is 90.7 cm³/mol. The molecule has 2 N–H and O–H groups in total. The van der Waals surface area contributed by atoms with Crippen LogP contribution in [0.1, 0.15) is 19.3 Å². The summed E-state index contributed by atoms with van der Waals surface area (Å²) in [6.45, 7) is -0.729. The number of rotatable bonds is 6. The summed E-state index contributed by atoms with van der Waals surface area (Å²) < 4.78 is 10.2. The van der Waals surface area contributed by atoms with E-state index in [0.29, 0.717) is 17.2 Å². The molecule has 0 spiro atoms. The summed E-state index contributed by atoms with van der Waals surface area (Å²) in [5.74, 6) is -1.31. The zero-order valence-corrected chi connectivity index (χ0v) is 14.3. The monoisotopic (exact) mass is 366 g/mol. The van der Waals surface area contributed by atoms with Crippen LogP contribution in [-0.2, 0) is 19.1 Å². The second-order valence-corrected chi connectivity index (χ2v) is 5.86. The normalized spacial score (nSPS) is 16.0. The standard InChI is InChI=1S/C17H19ClN2O5/c18-13-6-8-14(9-7-13)24-10-15(21)19-20-16(22)11-25-17(23)12-4-2-1-3-5-12/h1-2,6-9,12H,3-5,10-11H2,(H,19,21)(H,20,22)/t12-/m0/s1. The van der Waals surface area contributed by atoms with Gasteiger partial charge in [-0.25, -0.2) is 0 Å². The molecule has 1 aliphatic rings. The number of hydrogen-bond donors (Lipinski definition) is 2. The number of nitrogens with one attached hydrogen (secondary N) is 2. The van der Waals surface area contributed by atoms with E-state index in [4.69, 9.17) is 21.1 Å². The maximum atomic E-state index is 11.8. The molecular formula is C17H19ClN2O5. The summed E-state index contributed by atoms with van der Waals surface area (Å²) >= 11 is 5.74. The second-order valence-electron chi connectivity index (χ2n) is 5.43. The van der Waals surface area contributed by atoms with Crippen molar-refractivity contribution in [3.8, 4) is 5.75 Å². The second kappa shape index (κ2) is 9.68. The third-order valence-corrected chi connectivity index (χ3v) is 3.72. The first-order valence-electron chi connectivity index (χ1n) is 7.82. The lowest BCUT2D eigenvalue weighted by Gasteiger charge is -2.16. The Morgan fingerprint density at radius 2 is 1.72 bits per heavy atom. The topological polar surface area (TPSA) is 93.7 Å². The highest BCUT2D eigenvalue weighted by Gasteiger charge is 2.21. The molecule has 2 amide bonds. The summed E-state index contributed by atoms with van der Waals surface area (Å²) in [6, 6.07) is 6.50. The molecule has 0 saturated heterocycles. The molecule has 7 nitrogen and oxygen atoms in total. The molecule has 0 aromatic heterocycles. The molecule has 0 aliphatic heterocycles. The quantitative estimate of drug-likeness (QED) is 0.454. The van der Waals surface area contributed by atoms with Crippen LogP contribution in [0.15, 0.2) is 36.4 Å². The number of esters is 1. The van der Waals surface area contributed by atoms with Crippen molar-refractivity contribution in [2.75, 3.05) is 13.2 Å². The number of allylic oxidation sites excluding steroid dienone is 2. The lowest BCUT2D eigenvalue weighted by molar-refractivity contribution is -0.153. The Balaban J connectivity index is 1.60. The molecule has 0 radical (unpaired) electrons. The number of benzene rings is 1. The van der Waals surface area contributed by atoms with Crippen LogP contribution < -0.4 is 15.6 Å². The fourth-order valence-corrected chi connectivity index (χ4v) is 2.28. The highest BCUT2D eigenvalue weighted by Crippen LogP contribution is 2.19. The molecule has 1 atom stereocenters. The minimum atomic E-state index is -0.625. The van der Waals surface area contributed by atoms with E-state index in [-0.39, 0.29) is 12.5 Å². The van der Waals surface area contributed by atoms with Crippen LogP contribution in [0.2, 0.25) is 5.02 Å². The van der Waals surface area contributed by atoms with Crippen LogP contribution in [-0.4, -0.2) is 31.0 Å². The van der Waals surface area contributed by atoms with Crippen LogP contribution in [0.5, 0.6) is 5.75 Å². The lowest BCUT2D eigenvalue weighted by Crippen LogP contribution is -2.45. The average Bonchev–Trinajstić information content (AvgIpc) is 2.64. The number of amides is 2. The van der Waals surface area contributed by atoms with E-state index in [1.165, 1.54) is 0 Å². The van der Waals surface area contributed by atoms with Gasteiger partial charge >= 0.3 is 5.97 Å². The molecule has 0 fully saturated rings. The van der Waals surface area contributed by atoms with Gasteiger partial charge in [0.25, 0.3) is 11.8 Å². The number of carbonyl (C=O) groups is 3. The third-order valence-electron chi connectivity index (χ3n) is 3.47. The van der Waals surface area contributed by atoms with Crippen molar-refractivity contribution in [2.45, 2.75) is 19.3 Å². The molecular weight excluding hydrogens is 348 g/mol. The molecule has 134 valence electrons. The minimum absolute atomic E-state index is 0.208. The Kier molecular flexibility index (Phi) is 7.28. The number of halogens is 1. The summed E-state index contributed by atoms with van der Waals surface area (Å²) in [5.41, 5.74) is 4.33. The first kappa shape index (κ1) is 18.8. The summed E-state index contributed by atoms with van der Waals surface area (Å²) in [4.78, 5) is 34.9. The van der Waals surface area contributed by atoms with Crippen molar-refractivity contribution in [2.24, 2.45) is 5.92 Å². The van der Waals surface area contributed by atoms with Gasteiger partial charge in [0, 0.05) is 5.02 Å². The largest absolute Gasteiger partial charge is 0.484 e. The van der Waals surface area contributed by atoms with Crippen molar-refractivity contribution >= 4 is 29.4 Å². The minimum Gasteiger partial charge on any atom is -0.484 e. The van der Waals surface area contributed by atoms with E-state index < -0.39 is 24.4 Å². The van der Waals surface area contributed by atoms with Crippen molar-refractivity contribution in [1.29, 1.82) is 0 Å². The van der Waals surface area contributed by atoms with E-state index in [0.717, 1.165) is 12.8 Å². The van der Waals surface area contributed by atoms with Gasteiger partial charge in [0.05, 0.1) is 5.92 Å². The van der Waals surface area contributed by atoms with Gasteiger partial charge in [0.15, 0.2) is 13.2 Å². The van der Waals surface area contributed by atoms with Gasteiger partial charge in [-0.15, -0.1) is 0 Å². The average molecular weight is 367 g/mol. The molecule has 1 aromatic carbocycles. The molecule has 0 saturated carbocycles. The molecule has 8 heteroatoms. The zero-order chi connectivity index (χ0) is 18.1. The van der Waals surface area contributed by atoms with Crippen molar-refractivity contribution in [1.82, 2.24) is 10.9 Å². The number of hydrazine groups is 1. The summed E-state index contributed by atoms with van der Waals surface area (Å²) in [7, 11) is 0. The Hall–Kier alpha value is -2.54. The fourth-order valence-electron chi connectivity index (χ4n) is 2.15. The zero-order valence-electron chi connectivity index (χ0n) is 13.5. The van der Waals surface area contributed by atoms with E-state index in [2.05, 4.69) is 10.9 Å². The Labute approximate surface area is 150 Å². The Morgan fingerprint density at radius 3 is 2.36 bits per heavy atom. The van der Waals surface area contributed by atoms with E-state index in [9.17, 15) is 14.4 Å². The molecule has 0 heterocycles. The first-order chi connectivity index (χ1) is 12.0. The van der Waals surface area contributed by atoms with E-state index in [1.54, 1.807) is 24.3 Å². The lowest BCUT2D eigenvalue weighted by atomic mass is 9.95. The number of hydrogen-bond acceptors (Lipinski definition) is 5. The molecule has 25 heavy (non-hydrogen) atoms. The molecule has 1 aliphatic carbocycles. The highest BCUT2D eigenvalue weighted by molar-refractivity contribution is 6.30. The van der Waals surface area contributed by atoms with Gasteiger partial charge in [0.1, 0.15) is 5.75 Å². The van der Waals surface area contributed by atoms with Crippen LogP contribution in [0.25, 0.3) is 0 Å². The highest BCUT2D eigenvalue weighted by atomic mass is 35.5. The van der Waals surface area contributed by atoms with Gasteiger partial charge in [-0.05, 0) is 43.5 Å². The maximum Gasteiger partial charge on any atom is 0.309 e. The fraction of sp³-hybridized carbons (Fsp3) is 0.353. The number of ether oxygens (including phenoxy) is 2. The Bertz CT molecular complexity index is 645. The van der Waals surface area contributed by atoms with Gasteiger partial charge < -0.3 is 9.47 Å². The van der Waals surface area contributed by atoms with Crippen molar-refractivity contribution in [3.05, 3.63) is 41.4 Å². The molecule has 2 rings (SSSR count). The van der Waals surface area contributed by atoms with Crippen LogP contribution >= 0.6 is 11.6 Å². The summed E-state index contributed by atoms with van der Waals surface area (Å²) in [5, 5.41) is 0.558. The SMILES string of the molecule is O=C(COC(=O)[C@H]1CC=CCC1)NNC(=O)COc1ccc(Cl)cc1. The van der Waals surface area contributed by atoms with Gasteiger partial charge in [-0.3, -0.25) is 25.2 Å². The van der Waals surface area contributed by atoms with Crippen LogP contribution in [0, 0.1) is 5.92 Å². The van der Waals surface area contributed by atoms with E-state index in [1.807, 2.05) is 12.2 Å².